The van der Waals surface area contributed by atoms with Crippen LogP contribution in [0.4, 0.5) is 0 Å². The first-order chi connectivity index (χ1) is 19.9. The predicted molar refractivity (Wildman–Crippen MR) is 194 cm³/mol. The highest BCUT2D eigenvalue weighted by Gasteiger charge is 2.69. The number of hydrogen-bond donors (Lipinski definition) is 0. The van der Waals surface area contributed by atoms with E-state index in [1.807, 2.05) is 0 Å². The van der Waals surface area contributed by atoms with Gasteiger partial charge in [0, 0.05) is 17.6 Å². The highest BCUT2D eigenvalue weighted by atomic mass is 28.4. The van der Waals surface area contributed by atoms with E-state index < -0.39 is 38.9 Å². The maximum atomic E-state index is 7.48. The third-order valence-electron chi connectivity index (χ3n) is 10.9. The zero-order valence-electron chi connectivity index (χ0n) is 31.1. The Hall–Kier alpha value is -0.0825. The Kier molecular flexibility index (Phi) is 10.4. The van der Waals surface area contributed by atoms with Crippen LogP contribution in [0.5, 0.6) is 0 Å². The average molecular weight is 682 g/mol. The van der Waals surface area contributed by atoms with E-state index >= 15 is 0 Å². The summed E-state index contributed by atoms with van der Waals surface area (Å²) in [5.41, 5.74) is 2.12. The van der Waals surface area contributed by atoms with E-state index in [1.54, 1.807) is 12.7 Å². The maximum absolute atomic E-state index is 7.48. The van der Waals surface area contributed by atoms with E-state index in [0.717, 1.165) is 44.2 Å². The molecule has 0 bridgehead atoms. The molecule has 4 aliphatic rings. The zero-order chi connectivity index (χ0) is 33.1. The molecule has 0 N–H and O–H groups in total. The van der Waals surface area contributed by atoms with Gasteiger partial charge in [0.05, 0.1) is 6.61 Å². The molecule has 4 aliphatic carbocycles. The number of fused-ring (bicyclic) bond motifs is 5. The summed E-state index contributed by atoms with van der Waals surface area (Å²) >= 11 is 0. The minimum absolute atomic E-state index is 0.126. The molecule has 3 fully saturated rings. The van der Waals surface area contributed by atoms with Crippen LogP contribution in [0.1, 0.15) is 58.8 Å². The van der Waals surface area contributed by atoms with Crippen molar-refractivity contribution in [2.45, 2.75) is 155 Å². The molecule has 0 amide bonds. The van der Waals surface area contributed by atoms with Crippen molar-refractivity contribution in [2.75, 3.05) is 13.7 Å². The molecule has 44 heavy (non-hydrogen) atoms. The average Bonchev–Trinajstić information content (AvgIpc) is 3.10. The predicted octanol–water partition coefficient (Wildman–Crippen LogP) is 9.44. The molecule has 0 radical (unpaired) electrons. The maximum Gasteiger partial charge on any atom is 0.185 e. The normalized spacial score (nSPS) is 38.5. The Morgan fingerprint density at radius 2 is 1.48 bits per heavy atom. The lowest BCUT2D eigenvalue weighted by Crippen LogP contribution is -2.65. The van der Waals surface area contributed by atoms with Gasteiger partial charge in [0.15, 0.2) is 33.3 Å². The van der Waals surface area contributed by atoms with Crippen LogP contribution in [0.25, 0.3) is 0 Å². The summed E-state index contributed by atoms with van der Waals surface area (Å²) in [6, 6.07) is 0. The summed E-state index contributed by atoms with van der Waals surface area (Å²) in [5, 5.41) is 4.78. The van der Waals surface area contributed by atoms with Crippen molar-refractivity contribution in [3.63, 3.8) is 0 Å². The van der Waals surface area contributed by atoms with E-state index in [1.165, 1.54) is 6.42 Å². The third kappa shape index (κ3) is 7.63. The van der Waals surface area contributed by atoms with Crippen LogP contribution in [0.15, 0.2) is 16.8 Å². The highest BCUT2D eigenvalue weighted by Crippen LogP contribution is 2.69. The monoisotopic (exact) mass is 681 g/mol. The van der Waals surface area contributed by atoms with Crippen LogP contribution in [-0.4, -0.2) is 70.5 Å². The summed E-state index contributed by atoms with van der Waals surface area (Å²) in [4.78, 5) is 5.61. The zero-order valence-corrected chi connectivity index (χ0v) is 35.1. The number of nitrogens with zero attached hydrogens (tertiary/aromatic N) is 1. The Bertz CT molecular complexity index is 1100. The smallest absolute Gasteiger partial charge is 0.185 e. The molecule has 0 saturated heterocycles. The number of hydrogen-bond acceptors (Lipinski definition) is 6. The van der Waals surface area contributed by atoms with Crippen molar-refractivity contribution in [1.29, 1.82) is 0 Å². The fourth-order valence-electron chi connectivity index (χ4n) is 9.71. The van der Waals surface area contributed by atoms with Crippen molar-refractivity contribution >= 4 is 39.0 Å². The van der Waals surface area contributed by atoms with Crippen LogP contribution < -0.4 is 0 Å². The Balaban J connectivity index is 1.81. The second-order valence-corrected chi connectivity index (χ2v) is 36.7. The lowest BCUT2D eigenvalue weighted by atomic mass is 9.46. The molecule has 4 rings (SSSR count). The van der Waals surface area contributed by atoms with Crippen molar-refractivity contribution in [1.82, 2.24) is 0 Å². The fraction of sp³-hybridized carbons (Fsp3) is 0.912. The summed E-state index contributed by atoms with van der Waals surface area (Å²) < 4.78 is 28.1. The topological polar surface area (TPSA) is 58.5 Å². The molecule has 0 aromatic carbocycles. The Morgan fingerprint density at radius 1 is 0.841 bits per heavy atom. The first kappa shape index (κ1) is 36.7. The van der Waals surface area contributed by atoms with Crippen LogP contribution in [-0.2, 0) is 22.5 Å². The minimum Gasteiger partial charge on any atom is -0.414 e. The van der Waals surface area contributed by atoms with Crippen molar-refractivity contribution in [3.05, 3.63) is 11.6 Å². The molecule has 0 aromatic rings. The Morgan fingerprint density at radius 3 is 2.02 bits per heavy atom. The first-order valence-corrected chi connectivity index (χ1v) is 31.1. The van der Waals surface area contributed by atoms with Gasteiger partial charge in [-0.25, -0.2) is 0 Å². The van der Waals surface area contributed by atoms with E-state index in [-0.39, 0.29) is 16.9 Å². The van der Waals surface area contributed by atoms with Gasteiger partial charge in [-0.15, -0.1) is 0 Å². The molecule has 254 valence electrons. The van der Waals surface area contributed by atoms with E-state index in [0.29, 0.717) is 30.5 Å². The van der Waals surface area contributed by atoms with E-state index in [9.17, 15) is 0 Å². The van der Waals surface area contributed by atoms with Gasteiger partial charge in [-0.2, -0.15) is 0 Å². The molecular formula is C34H67NO5Si4. The van der Waals surface area contributed by atoms with Crippen molar-refractivity contribution < 1.29 is 22.5 Å². The molecule has 10 heteroatoms. The molecule has 8 atom stereocenters. The van der Waals surface area contributed by atoms with Crippen LogP contribution in [0.2, 0.25) is 78.6 Å². The minimum atomic E-state index is -2.00. The number of rotatable bonds is 11. The molecule has 3 saturated carbocycles. The van der Waals surface area contributed by atoms with Crippen LogP contribution >= 0.6 is 0 Å². The van der Waals surface area contributed by atoms with Crippen LogP contribution in [0, 0.1) is 28.6 Å². The molecular weight excluding hydrogens is 615 g/mol. The van der Waals surface area contributed by atoms with Gasteiger partial charge in [0.25, 0.3) is 0 Å². The SMILES string of the molecule is CON=C(CO[Si](C)(C)C)C1(O[Si](C)(C)C)CCC2C3CC=C4CC(O[Si](C)(C)C)CCC4(C)C3C(O[Si](C)(C)C)CC21C. The van der Waals surface area contributed by atoms with Gasteiger partial charge in [-0.3, -0.25) is 0 Å². The van der Waals surface area contributed by atoms with Gasteiger partial charge in [-0.05, 0) is 147 Å². The summed E-state index contributed by atoms with van der Waals surface area (Å²) in [6.07, 6.45) is 10.9. The summed E-state index contributed by atoms with van der Waals surface area (Å²) in [5.74, 6) is 1.61. The molecule has 6 nitrogen and oxygen atoms in total. The van der Waals surface area contributed by atoms with Gasteiger partial charge in [0.2, 0.25) is 0 Å². The largest absolute Gasteiger partial charge is 0.414 e. The van der Waals surface area contributed by atoms with Gasteiger partial charge < -0.3 is 22.5 Å². The lowest BCUT2D eigenvalue weighted by Gasteiger charge is -2.63. The molecule has 8 unspecified atom stereocenters. The Labute approximate surface area is 275 Å². The molecule has 0 heterocycles. The van der Waals surface area contributed by atoms with Gasteiger partial charge in [-0.1, -0.05) is 30.7 Å². The highest BCUT2D eigenvalue weighted by molar-refractivity contribution is 6.71. The van der Waals surface area contributed by atoms with Crippen LogP contribution in [0.3, 0.4) is 0 Å². The van der Waals surface area contributed by atoms with Gasteiger partial charge in [0.1, 0.15) is 18.4 Å². The van der Waals surface area contributed by atoms with E-state index in [4.69, 9.17) is 27.7 Å². The van der Waals surface area contributed by atoms with Crippen molar-refractivity contribution in [3.8, 4) is 0 Å². The van der Waals surface area contributed by atoms with E-state index in [2.05, 4.69) is 98.5 Å². The second-order valence-electron chi connectivity index (χ2n) is 18.9. The molecule has 0 aliphatic heterocycles. The fourth-order valence-corrected chi connectivity index (χ4v) is 14.1. The first-order valence-electron chi connectivity index (χ1n) is 17.4. The molecule has 0 spiro atoms. The standard InChI is InChI=1S/C34H67NO5Si4/c1-32-20-18-26(38-42(7,8)9)22-25(32)16-17-27-28-19-21-34(40-44(13,14)15,30(35-36-3)24-37-41(4,5)6)33(28,2)23-29(31(27)32)39-43(10,11)12/h16,26-29,31H,17-24H2,1-15H3. The summed E-state index contributed by atoms with van der Waals surface area (Å²) in [6.45, 7) is 33.4. The summed E-state index contributed by atoms with van der Waals surface area (Å²) in [7, 11) is -5.57. The van der Waals surface area contributed by atoms with Crippen molar-refractivity contribution in [2.24, 2.45) is 33.7 Å². The lowest BCUT2D eigenvalue weighted by molar-refractivity contribution is -0.140. The van der Waals surface area contributed by atoms with Gasteiger partial charge >= 0.3 is 0 Å². The molecule has 0 aromatic heterocycles. The number of oxime groups is 1. The second kappa shape index (κ2) is 12.4. The third-order valence-corrected chi connectivity index (χ3v) is 14.9. The number of allylic oxidation sites excluding steroid dienone is 1. The quantitative estimate of drug-likeness (QED) is 0.0941.